The van der Waals surface area contributed by atoms with Gasteiger partial charge < -0.3 is 9.47 Å². The van der Waals surface area contributed by atoms with Crippen LogP contribution in [0, 0.1) is 14.9 Å². The summed E-state index contributed by atoms with van der Waals surface area (Å²) >= 11 is 8.34. The molecule has 0 radical (unpaired) electrons. The van der Waals surface area contributed by atoms with Crippen LogP contribution in [0.5, 0.6) is 11.5 Å². The van der Waals surface area contributed by atoms with Gasteiger partial charge in [0.15, 0.2) is 11.5 Å². The van der Waals surface area contributed by atoms with Crippen molar-refractivity contribution in [1.82, 2.24) is 0 Å². The molecule has 0 spiro atoms. The van der Waals surface area contributed by atoms with Gasteiger partial charge in [0.25, 0.3) is 0 Å². The third-order valence-electron chi connectivity index (χ3n) is 4.29. The minimum absolute atomic E-state index is 0.0452. The van der Waals surface area contributed by atoms with E-state index < -0.39 is 0 Å². The van der Waals surface area contributed by atoms with Gasteiger partial charge in [-0.3, -0.25) is 4.79 Å². The van der Waals surface area contributed by atoms with Gasteiger partial charge in [-0.15, -0.1) is 0 Å². The standard InChI is InChI=1S/C24H17ClINO3/c1-29-22-13-16(11-19(14-27)23(28)17-7-3-2-4-8-17)12-21(26)24(22)30-15-18-9-5-6-10-20(18)25/h2-13H,15H2,1H3/b19-11+. The third-order valence-corrected chi connectivity index (χ3v) is 5.46. The van der Waals surface area contributed by atoms with Crippen LogP contribution in [0.4, 0.5) is 0 Å². The molecule has 0 bridgehead atoms. The highest BCUT2D eigenvalue weighted by Gasteiger charge is 2.15. The summed E-state index contributed by atoms with van der Waals surface area (Å²) in [4.78, 5) is 12.6. The van der Waals surface area contributed by atoms with Gasteiger partial charge in [-0.1, -0.05) is 60.1 Å². The Morgan fingerprint density at radius 3 is 2.50 bits per heavy atom. The number of carbonyl (C=O) groups is 1. The molecule has 0 fully saturated rings. The summed E-state index contributed by atoms with van der Waals surface area (Å²) < 4.78 is 12.2. The summed E-state index contributed by atoms with van der Waals surface area (Å²) in [5, 5.41) is 10.1. The van der Waals surface area contributed by atoms with Crippen LogP contribution in [0.15, 0.2) is 72.3 Å². The molecule has 0 heterocycles. The number of benzene rings is 3. The number of halogens is 2. The van der Waals surface area contributed by atoms with Crippen molar-refractivity contribution in [3.8, 4) is 17.6 Å². The summed E-state index contributed by atoms with van der Waals surface area (Å²) in [7, 11) is 1.54. The molecule has 0 saturated heterocycles. The fourth-order valence-corrected chi connectivity index (χ4v) is 3.76. The number of allylic oxidation sites excluding steroid dienone is 1. The number of ketones is 1. The SMILES string of the molecule is COc1cc(/C=C(\C#N)C(=O)c2ccccc2)cc(I)c1OCc1ccccc1Cl. The topological polar surface area (TPSA) is 59.3 Å². The molecule has 0 aliphatic rings. The number of nitrogens with zero attached hydrogens (tertiary/aromatic N) is 1. The van der Waals surface area contributed by atoms with Gasteiger partial charge in [0.05, 0.1) is 10.7 Å². The van der Waals surface area contributed by atoms with Crippen molar-refractivity contribution in [1.29, 1.82) is 5.26 Å². The maximum atomic E-state index is 12.6. The van der Waals surface area contributed by atoms with Crippen molar-refractivity contribution >= 4 is 46.1 Å². The smallest absolute Gasteiger partial charge is 0.203 e. The number of nitriles is 1. The number of Topliss-reactive ketones (excluding diaryl/α,β-unsaturated/α-hetero) is 1. The highest BCUT2D eigenvalue weighted by molar-refractivity contribution is 14.1. The predicted molar refractivity (Wildman–Crippen MR) is 126 cm³/mol. The fourth-order valence-electron chi connectivity index (χ4n) is 2.79. The molecule has 30 heavy (non-hydrogen) atoms. The van der Waals surface area contributed by atoms with Crippen LogP contribution >= 0.6 is 34.2 Å². The molecule has 0 aromatic heterocycles. The summed E-state index contributed by atoms with van der Waals surface area (Å²) in [6.07, 6.45) is 1.55. The van der Waals surface area contributed by atoms with E-state index in [-0.39, 0.29) is 18.0 Å². The fraction of sp³-hybridized carbons (Fsp3) is 0.0833. The zero-order valence-corrected chi connectivity index (χ0v) is 19.0. The lowest BCUT2D eigenvalue weighted by molar-refractivity contribution is 0.104. The number of methoxy groups -OCH3 is 1. The van der Waals surface area contributed by atoms with Crippen LogP contribution in [0.2, 0.25) is 5.02 Å². The second kappa shape index (κ2) is 10.3. The van der Waals surface area contributed by atoms with Gasteiger partial charge in [-0.25, -0.2) is 0 Å². The van der Waals surface area contributed by atoms with Gasteiger partial charge in [-0.2, -0.15) is 5.26 Å². The zero-order valence-electron chi connectivity index (χ0n) is 16.1. The molecule has 6 heteroatoms. The van der Waals surface area contributed by atoms with Crippen LogP contribution in [0.3, 0.4) is 0 Å². The average molecular weight is 530 g/mol. The first kappa shape index (κ1) is 21.9. The number of hydrogen-bond donors (Lipinski definition) is 0. The third kappa shape index (κ3) is 5.21. The van der Waals surface area contributed by atoms with Gasteiger partial charge in [0.2, 0.25) is 5.78 Å². The van der Waals surface area contributed by atoms with E-state index in [9.17, 15) is 10.1 Å². The lowest BCUT2D eigenvalue weighted by Gasteiger charge is -2.14. The van der Waals surface area contributed by atoms with E-state index in [0.29, 0.717) is 27.6 Å². The number of hydrogen-bond acceptors (Lipinski definition) is 4. The van der Waals surface area contributed by atoms with Crippen molar-refractivity contribution in [2.45, 2.75) is 6.61 Å². The molecule has 0 N–H and O–H groups in total. The second-order valence-electron chi connectivity index (χ2n) is 6.28. The van der Waals surface area contributed by atoms with E-state index in [0.717, 1.165) is 9.13 Å². The summed E-state index contributed by atoms with van der Waals surface area (Å²) in [5.74, 6) is 0.749. The van der Waals surface area contributed by atoms with Crippen LogP contribution < -0.4 is 9.47 Å². The second-order valence-corrected chi connectivity index (χ2v) is 7.85. The van der Waals surface area contributed by atoms with E-state index in [1.54, 1.807) is 43.5 Å². The molecule has 0 aliphatic heterocycles. The minimum Gasteiger partial charge on any atom is -0.493 e. The maximum Gasteiger partial charge on any atom is 0.203 e. The lowest BCUT2D eigenvalue weighted by atomic mass is 10.0. The molecule has 3 aromatic carbocycles. The van der Waals surface area contributed by atoms with E-state index in [1.165, 1.54) is 0 Å². The van der Waals surface area contributed by atoms with Crippen molar-refractivity contribution < 1.29 is 14.3 Å². The Kier molecular flexibility index (Phi) is 7.50. The Morgan fingerprint density at radius 2 is 1.83 bits per heavy atom. The molecule has 0 aliphatic carbocycles. The lowest BCUT2D eigenvalue weighted by Crippen LogP contribution is -2.02. The monoisotopic (exact) mass is 529 g/mol. The van der Waals surface area contributed by atoms with E-state index in [1.807, 2.05) is 42.5 Å². The normalized spacial score (nSPS) is 10.9. The van der Waals surface area contributed by atoms with Crippen molar-refractivity contribution in [3.63, 3.8) is 0 Å². The molecule has 0 saturated carbocycles. The Morgan fingerprint density at radius 1 is 1.13 bits per heavy atom. The molecule has 4 nitrogen and oxygen atoms in total. The molecule has 3 aromatic rings. The van der Waals surface area contributed by atoms with Crippen molar-refractivity contribution in [2.24, 2.45) is 0 Å². The Balaban J connectivity index is 1.89. The molecular weight excluding hydrogens is 513 g/mol. The first-order valence-electron chi connectivity index (χ1n) is 8.98. The van der Waals surface area contributed by atoms with Gasteiger partial charge in [0.1, 0.15) is 18.2 Å². The highest BCUT2D eigenvalue weighted by atomic mass is 127. The van der Waals surface area contributed by atoms with Gasteiger partial charge >= 0.3 is 0 Å². The Labute approximate surface area is 193 Å². The quantitative estimate of drug-likeness (QED) is 0.155. The largest absolute Gasteiger partial charge is 0.493 e. The highest BCUT2D eigenvalue weighted by Crippen LogP contribution is 2.35. The van der Waals surface area contributed by atoms with E-state index in [2.05, 4.69) is 22.6 Å². The minimum atomic E-state index is -0.328. The van der Waals surface area contributed by atoms with Crippen LogP contribution in [-0.4, -0.2) is 12.9 Å². The predicted octanol–water partition coefficient (Wildman–Crippen LogP) is 6.32. The van der Waals surface area contributed by atoms with Gasteiger partial charge in [0, 0.05) is 16.1 Å². The van der Waals surface area contributed by atoms with E-state index in [4.69, 9.17) is 21.1 Å². The van der Waals surface area contributed by atoms with Crippen LogP contribution in [0.1, 0.15) is 21.5 Å². The van der Waals surface area contributed by atoms with Crippen molar-refractivity contribution in [2.75, 3.05) is 7.11 Å². The molecule has 3 rings (SSSR count). The molecule has 0 amide bonds. The first-order chi connectivity index (χ1) is 14.5. The summed E-state index contributed by atoms with van der Waals surface area (Å²) in [5.41, 5.74) is 2.04. The number of rotatable bonds is 7. The molecular formula is C24H17ClINO3. The Bertz CT molecular complexity index is 1140. The number of carbonyl (C=O) groups excluding carboxylic acids is 1. The van der Waals surface area contributed by atoms with Crippen LogP contribution in [0.25, 0.3) is 6.08 Å². The zero-order chi connectivity index (χ0) is 21.5. The number of ether oxygens (including phenoxy) is 2. The molecule has 0 atom stereocenters. The Hall–Kier alpha value is -2.82. The summed E-state index contributed by atoms with van der Waals surface area (Å²) in [6.45, 7) is 0.289. The van der Waals surface area contributed by atoms with Gasteiger partial charge in [-0.05, 0) is 52.4 Å². The average Bonchev–Trinajstić information content (AvgIpc) is 2.77. The van der Waals surface area contributed by atoms with Crippen molar-refractivity contribution in [3.05, 3.63) is 97.6 Å². The molecule has 0 unspecified atom stereocenters. The molecule has 150 valence electrons. The first-order valence-corrected chi connectivity index (χ1v) is 10.4. The maximum absolute atomic E-state index is 12.6. The van der Waals surface area contributed by atoms with Crippen LogP contribution in [-0.2, 0) is 6.61 Å². The summed E-state index contributed by atoms with van der Waals surface area (Å²) in [6, 6.07) is 21.7. The van der Waals surface area contributed by atoms with E-state index >= 15 is 0 Å².